The van der Waals surface area contributed by atoms with Crippen LogP contribution in [-0.2, 0) is 24.4 Å². The number of pyridine rings is 1. The third-order valence-electron chi connectivity index (χ3n) is 6.20. The lowest BCUT2D eigenvalue weighted by atomic mass is 9.99. The van der Waals surface area contributed by atoms with E-state index in [0.29, 0.717) is 31.8 Å². The van der Waals surface area contributed by atoms with E-state index in [0.717, 1.165) is 28.1 Å². The Kier molecular flexibility index (Phi) is 7.23. The van der Waals surface area contributed by atoms with Crippen LogP contribution >= 0.6 is 0 Å². The molecule has 0 amide bonds. The second-order valence-electron chi connectivity index (χ2n) is 9.07. The SMILES string of the molecule is COCCn1nnnc1[C@H](C(C)C)N(Cc1ccco1)Cc1cc2cc(C)c(C)cc2[nH]c1=O. The summed E-state index contributed by atoms with van der Waals surface area (Å²) >= 11 is 0. The first-order chi connectivity index (χ1) is 16.4. The van der Waals surface area contributed by atoms with Gasteiger partial charge in [0.2, 0.25) is 0 Å². The van der Waals surface area contributed by atoms with Crippen LogP contribution in [0, 0.1) is 19.8 Å². The minimum atomic E-state index is -0.146. The Balaban J connectivity index is 1.75. The molecule has 1 atom stereocenters. The number of tetrazole rings is 1. The van der Waals surface area contributed by atoms with Crippen molar-refractivity contribution in [2.75, 3.05) is 13.7 Å². The Labute approximate surface area is 198 Å². The van der Waals surface area contributed by atoms with Gasteiger partial charge in [0.25, 0.3) is 5.56 Å². The number of aromatic nitrogens is 5. The van der Waals surface area contributed by atoms with Gasteiger partial charge in [-0.3, -0.25) is 9.69 Å². The Morgan fingerprint density at radius 1 is 1.18 bits per heavy atom. The summed E-state index contributed by atoms with van der Waals surface area (Å²) in [5.41, 5.74) is 3.78. The fraction of sp³-hybridized carbons (Fsp3) is 0.440. The van der Waals surface area contributed by atoms with E-state index < -0.39 is 0 Å². The molecule has 0 bridgehead atoms. The lowest BCUT2D eigenvalue weighted by Crippen LogP contribution is -2.35. The molecule has 0 aliphatic heterocycles. The maximum atomic E-state index is 13.1. The Bertz CT molecular complexity index is 1290. The summed E-state index contributed by atoms with van der Waals surface area (Å²) in [5, 5.41) is 13.5. The lowest BCUT2D eigenvalue weighted by molar-refractivity contribution is 0.112. The van der Waals surface area contributed by atoms with Gasteiger partial charge in [0.15, 0.2) is 5.82 Å². The maximum absolute atomic E-state index is 13.1. The number of methoxy groups -OCH3 is 1. The number of H-pyrrole nitrogens is 1. The predicted molar refractivity (Wildman–Crippen MR) is 129 cm³/mol. The summed E-state index contributed by atoms with van der Waals surface area (Å²) in [4.78, 5) is 18.4. The summed E-state index contributed by atoms with van der Waals surface area (Å²) in [6.45, 7) is 10.4. The van der Waals surface area contributed by atoms with Gasteiger partial charge in [-0.15, -0.1) is 5.10 Å². The molecule has 4 rings (SSSR count). The number of nitrogens with one attached hydrogen (secondary N) is 1. The van der Waals surface area contributed by atoms with E-state index >= 15 is 0 Å². The molecule has 3 heterocycles. The van der Waals surface area contributed by atoms with Crippen LogP contribution in [0.2, 0.25) is 0 Å². The molecule has 0 saturated carbocycles. The number of aryl methyl sites for hydroxylation is 2. The van der Waals surface area contributed by atoms with Gasteiger partial charge in [0.1, 0.15) is 5.76 Å². The quantitative estimate of drug-likeness (QED) is 0.381. The highest BCUT2D eigenvalue weighted by Gasteiger charge is 2.30. The Hall–Kier alpha value is -3.30. The molecule has 0 aliphatic carbocycles. The van der Waals surface area contributed by atoms with Crippen LogP contribution in [0.25, 0.3) is 10.9 Å². The fourth-order valence-electron chi connectivity index (χ4n) is 4.36. The first-order valence-electron chi connectivity index (χ1n) is 11.5. The van der Waals surface area contributed by atoms with Crippen LogP contribution in [-0.4, -0.2) is 43.8 Å². The van der Waals surface area contributed by atoms with Crippen molar-refractivity contribution in [2.45, 2.75) is 53.4 Å². The van der Waals surface area contributed by atoms with E-state index in [2.05, 4.69) is 52.2 Å². The zero-order valence-corrected chi connectivity index (χ0v) is 20.4. The normalized spacial score (nSPS) is 12.8. The molecule has 1 N–H and O–H groups in total. The van der Waals surface area contributed by atoms with E-state index in [4.69, 9.17) is 9.15 Å². The molecule has 3 aromatic heterocycles. The number of ether oxygens (including phenoxy) is 1. The van der Waals surface area contributed by atoms with Crippen molar-refractivity contribution < 1.29 is 9.15 Å². The zero-order valence-electron chi connectivity index (χ0n) is 20.4. The highest BCUT2D eigenvalue weighted by Crippen LogP contribution is 2.30. The van der Waals surface area contributed by atoms with Crippen LogP contribution in [0.15, 0.2) is 45.8 Å². The van der Waals surface area contributed by atoms with Gasteiger partial charge in [-0.1, -0.05) is 13.8 Å². The minimum Gasteiger partial charge on any atom is -0.468 e. The van der Waals surface area contributed by atoms with Gasteiger partial charge in [-0.05, 0) is 77.0 Å². The van der Waals surface area contributed by atoms with E-state index in [1.807, 2.05) is 31.2 Å². The summed E-state index contributed by atoms with van der Waals surface area (Å²) in [7, 11) is 1.66. The zero-order chi connectivity index (χ0) is 24.2. The molecule has 0 unspecified atom stereocenters. The number of aromatic amines is 1. The van der Waals surface area contributed by atoms with Gasteiger partial charge in [0, 0.05) is 24.7 Å². The Morgan fingerprint density at radius 3 is 2.68 bits per heavy atom. The summed E-state index contributed by atoms with van der Waals surface area (Å²) in [6.07, 6.45) is 1.66. The van der Waals surface area contributed by atoms with Crippen LogP contribution in [0.1, 0.15) is 48.2 Å². The van der Waals surface area contributed by atoms with Crippen molar-refractivity contribution in [3.8, 4) is 0 Å². The second-order valence-corrected chi connectivity index (χ2v) is 9.07. The highest BCUT2D eigenvalue weighted by atomic mass is 16.5. The number of benzene rings is 1. The third-order valence-corrected chi connectivity index (χ3v) is 6.20. The van der Waals surface area contributed by atoms with Crippen LogP contribution in [0.3, 0.4) is 0 Å². The molecule has 9 heteroatoms. The molecule has 0 spiro atoms. The monoisotopic (exact) mass is 464 g/mol. The number of nitrogens with zero attached hydrogens (tertiary/aromatic N) is 5. The van der Waals surface area contributed by atoms with Gasteiger partial charge < -0.3 is 14.1 Å². The number of furan rings is 1. The minimum absolute atomic E-state index is 0.0957. The number of hydrogen-bond acceptors (Lipinski definition) is 7. The first-order valence-corrected chi connectivity index (χ1v) is 11.5. The van der Waals surface area contributed by atoms with Crippen molar-refractivity contribution in [2.24, 2.45) is 5.92 Å². The topological polar surface area (TPSA) is 102 Å². The van der Waals surface area contributed by atoms with Crippen molar-refractivity contribution in [3.05, 3.63) is 75.2 Å². The van der Waals surface area contributed by atoms with Crippen LogP contribution in [0.4, 0.5) is 0 Å². The molecular formula is C25H32N6O3. The molecule has 0 radical (unpaired) electrons. The second kappa shape index (κ2) is 10.3. The summed E-state index contributed by atoms with van der Waals surface area (Å²) in [5.74, 6) is 1.72. The average Bonchev–Trinajstić information content (AvgIpc) is 3.46. The molecular weight excluding hydrogens is 432 g/mol. The van der Waals surface area contributed by atoms with Gasteiger partial charge in [0.05, 0.1) is 32.0 Å². The van der Waals surface area contributed by atoms with Crippen molar-refractivity contribution >= 4 is 10.9 Å². The van der Waals surface area contributed by atoms with Crippen molar-refractivity contribution in [3.63, 3.8) is 0 Å². The Morgan fingerprint density at radius 2 is 1.97 bits per heavy atom. The van der Waals surface area contributed by atoms with Crippen LogP contribution in [0.5, 0.6) is 0 Å². The molecule has 4 aromatic rings. The van der Waals surface area contributed by atoms with Gasteiger partial charge in [-0.2, -0.15) is 0 Å². The van der Waals surface area contributed by atoms with Gasteiger partial charge in [-0.25, -0.2) is 4.68 Å². The van der Waals surface area contributed by atoms with Crippen molar-refractivity contribution in [1.29, 1.82) is 0 Å². The number of rotatable bonds is 10. The number of fused-ring (bicyclic) bond motifs is 1. The molecule has 1 aromatic carbocycles. The van der Waals surface area contributed by atoms with Crippen molar-refractivity contribution in [1.82, 2.24) is 30.1 Å². The van der Waals surface area contributed by atoms with E-state index in [1.54, 1.807) is 18.1 Å². The molecule has 0 fully saturated rings. The fourth-order valence-corrected chi connectivity index (χ4v) is 4.36. The average molecular weight is 465 g/mol. The summed E-state index contributed by atoms with van der Waals surface area (Å²) in [6, 6.07) is 9.79. The number of hydrogen-bond donors (Lipinski definition) is 1. The highest BCUT2D eigenvalue weighted by molar-refractivity contribution is 5.80. The van der Waals surface area contributed by atoms with E-state index in [1.165, 1.54) is 5.56 Å². The largest absolute Gasteiger partial charge is 0.468 e. The standard InChI is InChI=1S/C25H32N6O3/c1-16(2)23(24-27-28-29-31(24)8-10-33-5)30(15-21-7-6-9-34-21)14-20-13-19-11-17(3)18(4)12-22(19)26-25(20)32/h6-7,9,11-13,16,23H,8,10,14-15H2,1-5H3,(H,26,32)/t23-/m0/s1. The molecule has 0 saturated heterocycles. The molecule has 180 valence electrons. The maximum Gasteiger partial charge on any atom is 0.252 e. The van der Waals surface area contributed by atoms with Gasteiger partial charge >= 0.3 is 0 Å². The molecule has 0 aliphatic rings. The van der Waals surface area contributed by atoms with E-state index in [9.17, 15) is 4.79 Å². The molecule has 34 heavy (non-hydrogen) atoms. The van der Waals surface area contributed by atoms with Crippen LogP contribution < -0.4 is 5.56 Å². The predicted octanol–water partition coefficient (Wildman–Crippen LogP) is 3.77. The summed E-state index contributed by atoms with van der Waals surface area (Å²) < 4.78 is 12.7. The first kappa shape index (κ1) is 23.8. The lowest BCUT2D eigenvalue weighted by Gasteiger charge is -2.33. The van der Waals surface area contributed by atoms with E-state index in [-0.39, 0.29) is 17.5 Å². The smallest absolute Gasteiger partial charge is 0.252 e. The molecule has 9 nitrogen and oxygen atoms in total. The third kappa shape index (κ3) is 5.10.